The molecule has 3 N–H and O–H groups in total. The summed E-state index contributed by atoms with van der Waals surface area (Å²) in [5, 5.41) is 0. The van der Waals surface area contributed by atoms with Gasteiger partial charge in [0, 0.05) is 20.0 Å². The molecule has 11 heavy (non-hydrogen) atoms. The van der Waals surface area contributed by atoms with E-state index in [0.29, 0.717) is 4.77 Å². The van der Waals surface area contributed by atoms with Crippen LogP contribution >= 0.6 is 12.2 Å². The first-order valence-electron chi connectivity index (χ1n) is 3.50. The van der Waals surface area contributed by atoms with E-state index in [1.54, 1.807) is 0 Å². The number of anilines is 1. The standard InChI is InChI=1S/C6H10N4S/c1-9-3-2-4-5(9)10(7)6(11)8-4/h2-3,7H2,1H3,(H,8,11). The number of hydrogen-bond acceptors (Lipinski definition) is 3. The third kappa shape index (κ3) is 0.773. The van der Waals surface area contributed by atoms with Gasteiger partial charge < -0.3 is 15.7 Å². The van der Waals surface area contributed by atoms with Gasteiger partial charge in [-0.15, -0.1) is 0 Å². The van der Waals surface area contributed by atoms with E-state index >= 15 is 0 Å². The largest absolute Gasteiger partial charge is 0.358 e. The van der Waals surface area contributed by atoms with Crippen molar-refractivity contribution in [2.75, 3.05) is 24.3 Å². The van der Waals surface area contributed by atoms with Crippen LogP contribution in [0.5, 0.6) is 0 Å². The Bertz CT molecular complexity index is 337. The number of fused-ring (bicyclic) bond motifs is 1. The van der Waals surface area contributed by atoms with E-state index in [1.807, 2.05) is 7.05 Å². The number of hydrogen-bond donors (Lipinski definition) is 2. The highest BCUT2D eigenvalue weighted by molar-refractivity contribution is 7.71. The van der Waals surface area contributed by atoms with E-state index in [-0.39, 0.29) is 0 Å². The van der Waals surface area contributed by atoms with Gasteiger partial charge in [-0.1, -0.05) is 0 Å². The molecule has 5 heteroatoms. The molecule has 0 aliphatic carbocycles. The van der Waals surface area contributed by atoms with Crippen molar-refractivity contribution in [3.8, 4) is 0 Å². The third-order valence-corrected chi connectivity index (χ3v) is 2.33. The molecule has 0 radical (unpaired) electrons. The van der Waals surface area contributed by atoms with Gasteiger partial charge in [0.15, 0.2) is 4.77 Å². The predicted molar refractivity (Wildman–Crippen MR) is 46.7 cm³/mol. The summed E-state index contributed by atoms with van der Waals surface area (Å²) in [6.45, 7) is 1.02. The molecule has 0 atom stereocenters. The Morgan fingerprint density at radius 3 is 3.00 bits per heavy atom. The average Bonchev–Trinajstić information content (AvgIpc) is 2.41. The quantitative estimate of drug-likeness (QED) is 0.433. The smallest absolute Gasteiger partial charge is 0.197 e. The molecule has 2 heterocycles. The normalized spacial score (nSPS) is 15.5. The highest BCUT2D eigenvalue weighted by Crippen LogP contribution is 2.23. The van der Waals surface area contributed by atoms with Gasteiger partial charge in [-0.2, -0.15) is 0 Å². The number of imidazole rings is 1. The van der Waals surface area contributed by atoms with Crippen molar-refractivity contribution in [1.82, 2.24) is 9.66 Å². The van der Waals surface area contributed by atoms with Crippen molar-refractivity contribution in [3.63, 3.8) is 0 Å². The Labute approximate surface area is 69.6 Å². The van der Waals surface area contributed by atoms with Crippen LogP contribution < -0.4 is 10.7 Å². The zero-order valence-electron chi connectivity index (χ0n) is 6.29. The summed E-state index contributed by atoms with van der Waals surface area (Å²) >= 11 is 4.97. The fraction of sp³-hybridized carbons (Fsp3) is 0.500. The van der Waals surface area contributed by atoms with Gasteiger partial charge in [0.05, 0.1) is 5.69 Å². The molecule has 0 bridgehead atoms. The SMILES string of the molecule is CN1CCc2[nH]c(=S)n(N)c21. The number of H-pyrrole nitrogens is 1. The second kappa shape index (κ2) is 2.01. The van der Waals surface area contributed by atoms with Gasteiger partial charge in [-0.3, -0.25) is 0 Å². The molecule has 0 amide bonds. The molecule has 1 aromatic heterocycles. The fourth-order valence-corrected chi connectivity index (χ4v) is 1.67. The van der Waals surface area contributed by atoms with Crippen LogP contribution in [0.2, 0.25) is 0 Å². The van der Waals surface area contributed by atoms with E-state index in [9.17, 15) is 0 Å². The maximum absolute atomic E-state index is 5.68. The third-order valence-electron chi connectivity index (χ3n) is 2.03. The average molecular weight is 170 g/mol. The molecular formula is C6H10N4S. The molecule has 0 fully saturated rings. The predicted octanol–water partition coefficient (Wildman–Crippen LogP) is 0.252. The van der Waals surface area contributed by atoms with Crippen molar-refractivity contribution in [2.45, 2.75) is 6.42 Å². The van der Waals surface area contributed by atoms with Crippen molar-refractivity contribution < 1.29 is 0 Å². The summed E-state index contributed by atoms with van der Waals surface area (Å²) in [7, 11) is 2.01. The number of rotatable bonds is 0. The van der Waals surface area contributed by atoms with Gasteiger partial charge in [0.2, 0.25) is 0 Å². The molecule has 1 aliphatic rings. The van der Waals surface area contributed by atoms with Gasteiger partial charge >= 0.3 is 0 Å². The molecule has 1 aliphatic heterocycles. The molecule has 0 saturated carbocycles. The molecular weight excluding hydrogens is 160 g/mol. The molecule has 0 saturated heterocycles. The molecule has 0 aromatic carbocycles. The Morgan fingerprint density at radius 1 is 1.64 bits per heavy atom. The fourth-order valence-electron chi connectivity index (χ4n) is 1.46. The maximum atomic E-state index is 5.68. The van der Waals surface area contributed by atoms with Gasteiger partial charge in [-0.05, 0) is 12.2 Å². The number of nitrogens with zero attached hydrogens (tertiary/aromatic N) is 2. The second-order valence-electron chi connectivity index (χ2n) is 2.77. The van der Waals surface area contributed by atoms with Crippen LogP contribution in [0.4, 0.5) is 5.82 Å². The molecule has 4 nitrogen and oxygen atoms in total. The van der Waals surface area contributed by atoms with Gasteiger partial charge in [0.25, 0.3) is 0 Å². The van der Waals surface area contributed by atoms with Gasteiger partial charge in [-0.25, -0.2) is 4.68 Å². The van der Waals surface area contributed by atoms with Crippen LogP contribution in [0.1, 0.15) is 5.69 Å². The molecule has 60 valence electrons. The first-order valence-corrected chi connectivity index (χ1v) is 3.91. The number of aromatic nitrogens is 2. The lowest BCUT2D eigenvalue weighted by Gasteiger charge is -2.11. The van der Waals surface area contributed by atoms with E-state index in [1.165, 1.54) is 4.68 Å². The van der Waals surface area contributed by atoms with Crippen LogP contribution in [-0.4, -0.2) is 23.3 Å². The number of likely N-dealkylation sites (N-methyl/N-ethyl adjacent to an activating group) is 1. The summed E-state index contributed by atoms with van der Waals surface area (Å²) in [6.07, 6.45) is 1.01. The lowest BCUT2D eigenvalue weighted by atomic mass is 10.4. The van der Waals surface area contributed by atoms with E-state index in [4.69, 9.17) is 18.1 Å². The Hall–Kier alpha value is -0.970. The number of nitrogen functional groups attached to an aromatic ring is 1. The first kappa shape index (κ1) is 6.72. The first-order chi connectivity index (χ1) is 5.20. The zero-order chi connectivity index (χ0) is 8.01. The zero-order valence-corrected chi connectivity index (χ0v) is 7.11. The molecule has 0 spiro atoms. The number of aromatic amines is 1. The minimum atomic E-state index is 0.599. The summed E-state index contributed by atoms with van der Waals surface area (Å²) in [5.41, 5.74) is 1.15. The summed E-state index contributed by atoms with van der Waals surface area (Å²) in [5.74, 6) is 6.71. The maximum Gasteiger partial charge on any atom is 0.197 e. The van der Waals surface area contributed by atoms with Crippen LogP contribution in [-0.2, 0) is 6.42 Å². The monoisotopic (exact) mass is 170 g/mol. The Balaban J connectivity index is 2.67. The highest BCUT2D eigenvalue weighted by Gasteiger charge is 2.20. The second-order valence-corrected chi connectivity index (χ2v) is 3.16. The summed E-state index contributed by atoms with van der Waals surface area (Å²) < 4.78 is 2.12. The molecule has 1 aromatic rings. The minimum Gasteiger partial charge on any atom is -0.358 e. The topological polar surface area (TPSA) is 50.0 Å². The van der Waals surface area contributed by atoms with Crippen molar-refractivity contribution in [1.29, 1.82) is 0 Å². The summed E-state index contributed by atoms with van der Waals surface area (Å²) in [4.78, 5) is 5.17. The summed E-state index contributed by atoms with van der Waals surface area (Å²) in [6, 6.07) is 0. The van der Waals surface area contributed by atoms with Crippen LogP contribution in [0.15, 0.2) is 0 Å². The van der Waals surface area contributed by atoms with Crippen LogP contribution in [0.25, 0.3) is 0 Å². The lowest BCUT2D eigenvalue weighted by molar-refractivity contribution is 0.865. The minimum absolute atomic E-state index is 0.599. The molecule has 2 rings (SSSR count). The van der Waals surface area contributed by atoms with E-state index < -0.39 is 0 Å². The van der Waals surface area contributed by atoms with Crippen molar-refractivity contribution >= 4 is 18.0 Å². The Morgan fingerprint density at radius 2 is 2.36 bits per heavy atom. The van der Waals surface area contributed by atoms with Gasteiger partial charge in [0.1, 0.15) is 5.82 Å². The van der Waals surface area contributed by atoms with Crippen LogP contribution in [0, 0.1) is 4.77 Å². The van der Waals surface area contributed by atoms with E-state index in [0.717, 1.165) is 24.5 Å². The molecule has 0 unspecified atom stereocenters. The number of nitrogens with two attached hydrogens (primary N) is 1. The van der Waals surface area contributed by atoms with Crippen molar-refractivity contribution in [2.24, 2.45) is 0 Å². The Kier molecular flexibility index (Phi) is 1.23. The van der Waals surface area contributed by atoms with Crippen molar-refractivity contribution in [3.05, 3.63) is 10.5 Å². The van der Waals surface area contributed by atoms with E-state index in [2.05, 4.69) is 9.88 Å². The number of nitrogens with one attached hydrogen (secondary N) is 1. The van der Waals surface area contributed by atoms with Crippen LogP contribution in [0.3, 0.4) is 0 Å². The highest BCUT2D eigenvalue weighted by atomic mass is 32.1. The lowest BCUT2D eigenvalue weighted by Crippen LogP contribution is -2.20.